The number of carbonyl (C=O) groups is 1. The number of hydrogen-bond donors (Lipinski definition) is 0. The largest absolute Gasteiger partial charge is 0.464 e. The van der Waals surface area contributed by atoms with E-state index in [4.69, 9.17) is 9.47 Å². The Bertz CT molecular complexity index is 253. The zero-order chi connectivity index (χ0) is 17.2. The van der Waals surface area contributed by atoms with Crippen LogP contribution >= 0.6 is 0 Å². The molecule has 23 heavy (non-hydrogen) atoms. The van der Waals surface area contributed by atoms with Crippen LogP contribution in [0.1, 0.15) is 104 Å². The second-order valence-corrected chi connectivity index (χ2v) is 6.37. The van der Waals surface area contributed by atoms with Gasteiger partial charge in [-0.3, -0.25) is 0 Å². The number of unbranched alkanes of at least 4 members (excludes halogenated alkanes) is 11. The molecule has 0 bridgehead atoms. The Labute approximate surface area is 144 Å². The van der Waals surface area contributed by atoms with Crippen molar-refractivity contribution >= 4 is 5.97 Å². The molecule has 0 spiro atoms. The van der Waals surface area contributed by atoms with Crippen molar-refractivity contribution in [1.29, 1.82) is 0 Å². The van der Waals surface area contributed by atoms with Crippen LogP contribution in [-0.2, 0) is 14.3 Å². The second kappa shape index (κ2) is 17.8. The molecule has 0 fully saturated rings. The van der Waals surface area contributed by atoms with Gasteiger partial charge < -0.3 is 9.47 Å². The van der Waals surface area contributed by atoms with Gasteiger partial charge in [-0.1, -0.05) is 84.0 Å². The Morgan fingerprint density at radius 1 is 0.696 bits per heavy atom. The summed E-state index contributed by atoms with van der Waals surface area (Å²) in [6.45, 7) is 7.03. The normalized spacial score (nSPS) is 12.3. The molecule has 0 unspecified atom stereocenters. The van der Waals surface area contributed by atoms with Gasteiger partial charge in [-0.15, -0.1) is 0 Å². The van der Waals surface area contributed by atoms with Crippen LogP contribution in [0.2, 0.25) is 0 Å². The van der Waals surface area contributed by atoms with Crippen molar-refractivity contribution in [1.82, 2.24) is 0 Å². The average Bonchev–Trinajstić information content (AvgIpc) is 2.55. The van der Waals surface area contributed by atoms with Gasteiger partial charge in [0.05, 0.1) is 6.61 Å². The van der Waals surface area contributed by atoms with Crippen LogP contribution in [-0.4, -0.2) is 25.3 Å². The molecule has 0 saturated heterocycles. The molecule has 0 amide bonds. The van der Waals surface area contributed by atoms with Crippen LogP contribution in [0.3, 0.4) is 0 Å². The number of rotatable bonds is 17. The average molecular weight is 329 g/mol. The van der Waals surface area contributed by atoms with Crippen molar-refractivity contribution in [3.63, 3.8) is 0 Å². The lowest BCUT2D eigenvalue weighted by Crippen LogP contribution is -2.26. The third-order valence-corrected chi connectivity index (χ3v) is 4.24. The van der Waals surface area contributed by atoms with Gasteiger partial charge in [0.2, 0.25) is 0 Å². The third kappa shape index (κ3) is 14.7. The molecule has 3 nitrogen and oxygen atoms in total. The molecule has 0 aliphatic rings. The number of hydrogen-bond acceptors (Lipinski definition) is 3. The summed E-state index contributed by atoms with van der Waals surface area (Å²) in [5, 5.41) is 0. The van der Waals surface area contributed by atoms with E-state index >= 15 is 0 Å². The highest BCUT2D eigenvalue weighted by Crippen LogP contribution is 2.14. The van der Waals surface area contributed by atoms with Crippen LogP contribution in [0.5, 0.6) is 0 Å². The Hall–Kier alpha value is -0.570. The molecular formula is C20H40O3. The van der Waals surface area contributed by atoms with Gasteiger partial charge >= 0.3 is 5.97 Å². The molecule has 0 rings (SSSR count). The Morgan fingerprint density at radius 2 is 1.17 bits per heavy atom. The maximum Gasteiger partial charge on any atom is 0.335 e. The van der Waals surface area contributed by atoms with Crippen molar-refractivity contribution in [3.05, 3.63) is 0 Å². The maximum absolute atomic E-state index is 11.7. The molecule has 0 heterocycles. The van der Waals surface area contributed by atoms with E-state index in [1.165, 1.54) is 70.6 Å². The first-order chi connectivity index (χ1) is 11.3. The maximum atomic E-state index is 11.7. The Kier molecular flexibility index (Phi) is 17.3. The lowest BCUT2D eigenvalue weighted by atomic mass is 10.0. The van der Waals surface area contributed by atoms with Gasteiger partial charge in [0.1, 0.15) is 0 Å². The molecule has 0 aromatic carbocycles. The zero-order valence-corrected chi connectivity index (χ0v) is 15.9. The molecule has 0 N–H and O–H groups in total. The van der Waals surface area contributed by atoms with Crippen LogP contribution in [0.4, 0.5) is 0 Å². The van der Waals surface area contributed by atoms with Crippen molar-refractivity contribution in [2.45, 2.75) is 110 Å². The lowest BCUT2D eigenvalue weighted by Gasteiger charge is -2.15. The highest BCUT2D eigenvalue weighted by atomic mass is 16.6. The minimum atomic E-state index is -0.358. The molecule has 0 aromatic rings. The van der Waals surface area contributed by atoms with Crippen molar-refractivity contribution in [2.24, 2.45) is 0 Å². The zero-order valence-electron chi connectivity index (χ0n) is 15.9. The minimum Gasteiger partial charge on any atom is -0.464 e. The summed E-state index contributed by atoms with van der Waals surface area (Å²) >= 11 is 0. The van der Waals surface area contributed by atoms with Gasteiger partial charge in [-0.05, 0) is 20.3 Å². The standard InChI is InChI=1S/C20H40O3/c1-4-7-8-9-10-11-12-13-14-15-16-17-18-19(22-5-2)20(21)23-6-3/h19H,4-18H2,1-3H3/t19-/m1/s1. The van der Waals surface area contributed by atoms with Crippen LogP contribution in [0.25, 0.3) is 0 Å². The molecule has 138 valence electrons. The van der Waals surface area contributed by atoms with Crippen molar-refractivity contribution in [3.8, 4) is 0 Å². The first-order valence-electron chi connectivity index (χ1n) is 10.0. The topological polar surface area (TPSA) is 35.5 Å². The SMILES string of the molecule is CCCCCCCCCCCCCC[C@@H](OCC)C(=O)OCC. The molecule has 0 saturated carbocycles. The van der Waals surface area contributed by atoms with Gasteiger partial charge in [-0.2, -0.15) is 0 Å². The Balaban J connectivity index is 3.40. The van der Waals surface area contributed by atoms with E-state index in [-0.39, 0.29) is 12.1 Å². The number of carbonyl (C=O) groups excluding carboxylic acids is 1. The fraction of sp³-hybridized carbons (Fsp3) is 0.950. The molecular weight excluding hydrogens is 288 g/mol. The predicted molar refractivity (Wildman–Crippen MR) is 97.7 cm³/mol. The summed E-state index contributed by atoms with van der Waals surface area (Å²) in [5.41, 5.74) is 0. The van der Waals surface area contributed by atoms with E-state index in [1.54, 1.807) is 0 Å². The first kappa shape index (κ1) is 22.4. The second-order valence-electron chi connectivity index (χ2n) is 6.37. The summed E-state index contributed by atoms with van der Waals surface area (Å²) < 4.78 is 10.5. The van der Waals surface area contributed by atoms with E-state index in [2.05, 4.69) is 6.92 Å². The van der Waals surface area contributed by atoms with Crippen LogP contribution < -0.4 is 0 Å². The minimum absolute atomic E-state index is 0.197. The monoisotopic (exact) mass is 328 g/mol. The van der Waals surface area contributed by atoms with Crippen molar-refractivity contribution < 1.29 is 14.3 Å². The van der Waals surface area contributed by atoms with Crippen LogP contribution in [0.15, 0.2) is 0 Å². The molecule has 1 atom stereocenters. The molecule has 0 aliphatic heterocycles. The fourth-order valence-corrected chi connectivity index (χ4v) is 2.88. The van der Waals surface area contributed by atoms with E-state index < -0.39 is 0 Å². The van der Waals surface area contributed by atoms with E-state index in [9.17, 15) is 4.79 Å². The third-order valence-electron chi connectivity index (χ3n) is 4.24. The first-order valence-corrected chi connectivity index (χ1v) is 10.0. The highest BCUT2D eigenvalue weighted by molar-refractivity contribution is 5.74. The van der Waals surface area contributed by atoms with Crippen molar-refractivity contribution in [2.75, 3.05) is 13.2 Å². The number of esters is 1. The number of ether oxygens (including phenoxy) is 2. The van der Waals surface area contributed by atoms with Crippen LogP contribution in [0, 0.1) is 0 Å². The fourth-order valence-electron chi connectivity index (χ4n) is 2.88. The summed E-state index contributed by atoms with van der Waals surface area (Å²) in [7, 11) is 0. The van der Waals surface area contributed by atoms with E-state index in [0.29, 0.717) is 13.2 Å². The summed E-state index contributed by atoms with van der Waals surface area (Å²) in [6, 6.07) is 0. The summed E-state index contributed by atoms with van der Waals surface area (Å²) in [6.07, 6.45) is 16.4. The van der Waals surface area contributed by atoms with Gasteiger partial charge in [0.25, 0.3) is 0 Å². The molecule has 3 heteroatoms. The van der Waals surface area contributed by atoms with E-state index in [0.717, 1.165) is 12.8 Å². The quantitative estimate of drug-likeness (QED) is 0.241. The molecule has 0 aliphatic carbocycles. The molecule has 0 aromatic heterocycles. The Morgan fingerprint density at radius 3 is 1.61 bits per heavy atom. The smallest absolute Gasteiger partial charge is 0.335 e. The van der Waals surface area contributed by atoms with E-state index in [1.807, 2.05) is 13.8 Å². The van der Waals surface area contributed by atoms with Gasteiger partial charge in [0.15, 0.2) is 6.10 Å². The highest BCUT2D eigenvalue weighted by Gasteiger charge is 2.18. The summed E-state index contributed by atoms with van der Waals surface area (Å²) in [4.78, 5) is 11.7. The predicted octanol–water partition coefficient (Wildman–Crippen LogP) is 6.05. The lowest BCUT2D eigenvalue weighted by molar-refractivity contribution is -0.156. The molecule has 0 radical (unpaired) electrons. The summed E-state index contributed by atoms with van der Waals surface area (Å²) in [5.74, 6) is -0.197. The van der Waals surface area contributed by atoms with Gasteiger partial charge in [-0.25, -0.2) is 4.79 Å². The van der Waals surface area contributed by atoms with Gasteiger partial charge in [0, 0.05) is 6.61 Å².